The van der Waals surface area contributed by atoms with Crippen LogP contribution in [0.4, 0.5) is 5.82 Å². The number of hydrogen-bond donors (Lipinski definition) is 4. The molecule has 9 nitrogen and oxygen atoms in total. The second-order valence-corrected chi connectivity index (χ2v) is 10.7. The Morgan fingerprint density at radius 2 is 1.85 bits per heavy atom. The number of nitrogens with two attached hydrogens (primary N) is 1. The number of amides is 2. The Balaban J connectivity index is 1.03. The van der Waals surface area contributed by atoms with Crippen molar-refractivity contribution in [1.29, 1.82) is 0 Å². The van der Waals surface area contributed by atoms with Crippen molar-refractivity contribution < 1.29 is 14.3 Å². The molecule has 0 aliphatic heterocycles. The Hall–Kier alpha value is -3.95. The Morgan fingerprint density at radius 3 is 2.66 bits per heavy atom. The van der Waals surface area contributed by atoms with E-state index in [9.17, 15) is 9.59 Å². The number of ether oxygens (including phenoxy) is 1. The number of halogens is 1. The van der Waals surface area contributed by atoms with Gasteiger partial charge in [-0.3, -0.25) is 14.6 Å². The van der Waals surface area contributed by atoms with Gasteiger partial charge in [-0.1, -0.05) is 23.7 Å². The summed E-state index contributed by atoms with van der Waals surface area (Å²) in [7, 11) is 0. The molecule has 1 fully saturated rings. The largest absolute Gasteiger partial charge is 0.489 e. The molecule has 214 valence electrons. The normalized spacial score (nSPS) is 13.5. The van der Waals surface area contributed by atoms with Crippen molar-refractivity contribution in [3.63, 3.8) is 0 Å². The third-order valence-corrected chi connectivity index (χ3v) is 7.59. The van der Waals surface area contributed by atoms with E-state index in [1.54, 1.807) is 24.5 Å². The Morgan fingerprint density at radius 1 is 1.00 bits per heavy atom. The summed E-state index contributed by atoms with van der Waals surface area (Å²) >= 11 is 6.42. The molecule has 4 aromatic rings. The number of rotatable bonds is 13. The number of pyridine rings is 2. The van der Waals surface area contributed by atoms with Crippen LogP contribution < -0.4 is 26.4 Å². The maximum atomic E-state index is 12.3. The minimum Gasteiger partial charge on any atom is -0.489 e. The fraction of sp³-hybridized carbons (Fsp3) is 0.355. The average molecular weight is 575 g/mol. The van der Waals surface area contributed by atoms with Crippen LogP contribution in [0.1, 0.15) is 54.4 Å². The second kappa shape index (κ2) is 13.6. The number of anilines is 1. The van der Waals surface area contributed by atoms with E-state index >= 15 is 0 Å². The maximum Gasteiger partial charge on any atom is 0.248 e. The van der Waals surface area contributed by atoms with Crippen molar-refractivity contribution in [3.8, 4) is 5.75 Å². The molecule has 10 heteroatoms. The van der Waals surface area contributed by atoms with E-state index in [1.165, 1.54) is 12.8 Å². The van der Waals surface area contributed by atoms with Gasteiger partial charge >= 0.3 is 0 Å². The van der Waals surface area contributed by atoms with Crippen LogP contribution in [-0.4, -0.2) is 47.5 Å². The summed E-state index contributed by atoms with van der Waals surface area (Å²) in [5, 5.41) is 13.0. The molecule has 0 atom stereocenters. The highest BCUT2D eigenvalue weighted by atomic mass is 35.5. The van der Waals surface area contributed by atoms with Crippen molar-refractivity contribution in [2.45, 2.75) is 51.2 Å². The van der Waals surface area contributed by atoms with E-state index in [1.807, 2.05) is 30.3 Å². The number of primary amides is 1. The molecule has 0 spiro atoms. The highest BCUT2D eigenvalue weighted by Gasteiger charge is 2.18. The maximum absolute atomic E-state index is 12.3. The standard InChI is InChI=1S/C31H35ClN6O3/c32-26-16-20(6-9-28(26)41-22-4-1-2-5-22)18-34-15-11-29(39)36-12-3-13-37-31-24-10-14-35-19-25(24)23-8-7-21(30(33)40)17-27(23)38-31/h6-10,14,16-17,19,22,34H,1-5,11-13,15,18H2,(H2,33,40)(H,36,39)(H,37,38). The van der Waals surface area contributed by atoms with Crippen LogP contribution in [0.3, 0.4) is 0 Å². The van der Waals surface area contributed by atoms with Crippen LogP contribution in [-0.2, 0) is 11.3 Å². The molecule has 5 rings (SSSR count). The number of carbonyl (C=O) groups excluding carboxylic acids is 2. The van der Waals surface area contributed by atoms with Crippen molar-refractivity contribution in [2.24, 2.45) is 5.73 Å². The van der Waals surface area contributed by atoms with Gasteiger partial charge in [0.2, 0.25) is 11.8 Å². The molecule has 0 radical (unpaired) electrons. The molecule has 41 heavy (non-hydrogen) atoms. The molecule has 0 unspecified atom stereocenters. The number of nitrogens with one attached hydrogen (secondary N) is 3. The zero-order valence-electron chi connectivity index (χ0n) is 22.9. The second-order valence-electron chi connectivity index (χ2n) is 10.3. The first-order valence-corrected chi connectivity index (χ1v) is 14.5. The van der Waals surface area contributed by atoms with Crippen molar-refractivity contribution in [1.82, 2.24) is 20.6 Å². The number of hydrogen-bond acceptors (Lipinski definition) is 7. The molecule has 1 aliphatic carbocycles. The zero-order chi connectivity index (χ0) is 28.6. The monoisotopic (exact) mass is 574 g/mol. The third kappa shape index (κ3) is 7.42. The van der Waals surface area contributed by atoms with Gasteiger partial charge in [0.1, 0.15) is 11.6 Å². The Kier molecular flexibility index (Phi) is 9.48. The Labute approximate surface area is 244 Å². The summed E-state index contributed by atoms with van der Waals surface area (Å²) in [4.78, 5) is 32.9. The lowest BCUT2D eigenvalue weighted by molar-refractivity contribution is -0.121. The summed E-state index contributed by atoms with van der Waals surface area (Å²) in [6.45, 7) is 2.36. The van der Waals surface area contributed by atoms with Gasteiger partial charge in [-0.15, -0.1) is 0 Å². The number of fused-ring (bicyclic) bond motifs is 3. The summed E-state index contributed by atoms with van der Waals surface area (Å²) in [6.07, 6.45) is 9.52. The molecular formula is C31H35ClN6O3. The van der Waals surface area contributed by atoms with E-state index in [2.05, 4.69) is 20.9 Å². The van der Waals surface area contributed by atoms with Gasteiger partial charge in [0, 0.05) is 66.7 Å². The van der Waals surface area contributed by atoms with Crippen LogP contribution >= 0.6 is 11.6 Å². The van der Waals surface area contributed by atoms with Crippen LogP contribution in [0.5, 0.6) is 5.75 Å². The van der Waals surface area contributed by atoms with Crippen molar-refractivity contribution in [3.05, 3.63) is 71.0 Å². The minimum absolute atomic E-state index is 0.00446. The molecular weight excluding hydrogens is 540 g/mol. The van der Waals surface area contributed by atoms with Gasteiger partial charge < -0.3 is 26.4 Å². The zero-order valence-corrected chi connectivity index (χ0v) is 23.7. The van der Waals surface area contributed by atoms with Crippen LogP contribution in [0, 0.1) is 0 Å². The van der Waals surface area contributed by atoms with Gasteiger partial charge in [0.05, 0.1) is 16.6 Å². The number of aromatic nitrogens is 2. The predicted octanol–water partition coefficient (Wildman–Crippen LogP) is 4.95. The number of benzene rings is 2. The molecule has 2 aromatic carbocycles. The van der Waals surface area contributed by atoms with E-state index in [0.717, 1.165) is 46.7 Å². The van der Waals surface area contributed by atoms with E-state index in [-0.39, 0.29) is 12.0 Å². The summed E-state index contributed by atoms with van der Waals surface area (Å²) < 4.78 is 6.02. The molecule has 0 bridgehead atoms. The average Bonchev–Trinajstić information content (AvgIpc) is 3.49. The molecule has 5 N–H and O–H groups in total. The van der Waals surface area contributed by atoms with Crippen LogP contribution in [0.25, 0.3) is 21.7 Å². The van der Waals surface area contributed by atoms with Gasteiger partial charge in [-0.2, -0.15) is 0 Å². The quantitative estimate of drug-likeness (QED) is 0.131. The SMILES string of the molecule is NC(=O)c1ccc2c(c1)nc(NCCCNC(=O)CCNCc1ccc(OC3CCCC3)c(Cl)c1)c1ccncc12. The summed E-state index contributed by atoms with van der Waals surface area (Å²) in [5.74, 6) is 0.943. The molecule has 2 aromatic heterocycles. The predicted molar refractivity (Wildman–Crippen MR) is 162 cm³/mol. The van der Waals surface area contributed by atoms with Crippen LogP contribution in [0.15, 0.2) is 54.9 Å². The molecule has 2 heterocycles. The lowest BCUT2D eigenvalue weighted by Gasteiger charge is -2.15. The van der Waals surface area contributed by atoms with E-state index in [4.69, 9.17) is 27.1 Å². The lowest BCUT2D eigenvalue weighted by atomic mass is 10.1. The summed E-state index contributed by atoms with van der Waals surface area (Å²) in [5.41, 5.74) is 7.57. The first-order chi connectivity index (χ1) is 20.0. The lowest BCUT2D eigenvalue weighted by Crippen LogP contribution is -2.29. The highest BCUT2D eigenvalue weighted by Crippen LogP contribution is 2.31. The summed E-state index contributed by atoms with van der Waals surface area (Å²) in [6, 6.07) is 13.0. The van der Waals surface area contributed by atoms with Crippen molar-refractivity contribution >= 4 is 50.9 Å². The van der Waals surface area contributed by atoms with Crippen LogP contribution in [0.2, 0.25) is 5.02 Å². The fourth-order valence-corrected chi connectivity index (χ4v) is 5.37. The van der Waals surface area contributed by atoms with Gasteiger partial charge in [0.15, 0.2) is 0 Å². The number of nitrogens with zero attached hydrogens (tertiary/aromatic N) is 2. The van der Waals surface area contributed by atoms with E-state index in [0.29, 0.717) is 54.5 Å². The molecule has 1 saturated carbocycles. The minimum atomic E-state index is -0.497. The fourth-order valence-electron chi connectivity index (χ4n) is 5.12. The topological polar surface area (TPSA) is 131 Å². The molecule has 0 saturated heterocycles. The molecule has 1 aliphatic rings. The van der Waals surface area contributed by atoms with Crippen molar-refractivity contribution in [2.75, 3.05) is 25.0 Å². The van der Waals surface area contributed by atoms with Gasteiger partial charge in [-0.05, 0) is 68.0 Å². The highest BCUT2D eigenvalue weighted by molar-refractivity contribution is 6.32. The first-order valence-electron chi connectivity index (χ1n) is 14.1. The number of carbonyl (C=O) groups is 2. The molecule has 2 amide bonds. The van der Waals surface area contributed by atoms with Gasteiger partial charge in [0.25, 0.3) is 0 Å². The van der Waals surface area contributed by atoms with E-state index < -0.39 is 5.91 Å². The third-order valence-electron chi connectivity index (χ3n) is 7.30. The van der Waals surface area contributed by atoms with Gasteiger partial charge in [-0.25, -0.2) is 4.98 Å². The first kappa shape index (κ1) is 28.6. The Bertz CT molecular complexity index is 1540. The smallest absolute Gasteiger partial charge is 0.248 e.